The Morgan fingerprint density at radius 1 is 1.55 bits per heavy atom. The van der Waals surface area contributed by atoms with Crippen molar-refractivity contribution in [2.45, 2.75) is 25.3 Å². The summed E-state index contributed by atoms with van der Waals surface area (Å²) < 4.78 is 5.28. The number of hydrogen-bond donors (Lipinski definition) is 1. The highest BCUT2D eigenvalue weighted by atomic mass is 16.5. The van der Waals surface area contributed by atoms with Crippen molar-refractivity contribution in [2.75, 3.05) is 20.7 Å². The number of allylic oxidation sites excluding steroid dienone is 1. The second-order valence-electron chi connectivity index (χ2n) is 5.50. The first-order chi connectivity index (χ1) is 10.5. The van der Waals surface area contributed by atoms with Gasteiger partial charge in [0.2, 0.25) is 5.91 Å². The van der Waals surface area contributed by atoms with E-state index in [1.165, 1.54) is 0 Å². The average molecular weight is 302 g/mol. The van der Waals surface area contributed by atoms with Gasteiger partial charge in [-0.1, -0.05) is 6.08 Å². The summed E-state index contributed by atoms with van der Waals surface area (Å²) in [7, 11) is 3.37. The summed E-state index contributed by atoms with van der Waals surface area (Å²) in [5, 5.41) is 2.99. The highest BCUT2D eigenvalue weighted by Gasteiger charge is 2.24. The molecule has 1 aliphatic heterocycles. The van der Waals surface area contributed by atoms with Crippen molar-refractivity contribution in [1.82, 2.24) is 10.2 Å². The number of rotatable bonds is 5. The van der Waals surface area contributed by atoms with E-state index in [4.69, 9.17) is 4.74 Å². The van der Waals surface area contributed by atoms with Gasteiger partial charge in [-0.2, -0.15) is 0 Å². The Balaban J connectivity index is 2.07. The number of ether oxygens (including phenoxy) is 1. The molecule has 0 radical (unpaired) electrons. The molecule has 1 N–H and O–H groups in total. The fourth-order valence-corrected chi connectivity index (χ4v) is 2.63. The topological polar surface area (TPSA) is 58.6 Å². The van der Waals surface area contributed by atoms with Crippen LogP contribution in [0.15, 0.2) is 30.9 Å². The van der Waals surface area contributed by atoms with Crippen LogP contribution < -0.4 is 10.1 Å². The monoisotopic (exact) mass is 302 g/mol. The highest BCUT2D eigenvalue weighted by Crippen LogP contribution is 2.21. The molecule has 1 aromatic carbocycles. The molecular weight excluding hydrogens is 280 g/mol. The van der Waals surface area contributed by atoms with Gasteiger partial charge in [0, 0.05) is 31.6 Å². The van der Waals surface area contributed by atoms with Crippen molar-refractivity contribution in [1.29, 1.82) is 0 Å². The maximum absolute atomic E-state index is 12.4. The van der Waals surface area contributed by atoms with E-state index in [-0.39, 0.29) is 17.9 Å². The van der Waals surface area contributed by atoms with Crippen molar-refractivity contribution in [3.05, 3.63) is 42.0 Å². The third-order valence-corrected chi connectivity index (χ3v) is 3.87. The first-order valence-electron chi connectivity index (χ1n) is 7.37. The molecule has 0 aromatic heterocycles. The molecule has 1 saturated heterocycles. The summed E-state index contributed by atoms with van der Waals surface area (Å²) in [5.74, 6) is 0.753. The minimum absolute atomic E-state index is 0.000144. The summed E-state index contributed by atoms with van der Waals surface area (Å²) in [5.41, 5.74) is 1.53. The van der Waals surface area contributed by atoms with Gasteiger partial charge < -0.3 is 15.0 Å². The van der Waals surface area contributed by atoms with E-state index in [1.807, 2.05) is 6.07 Å². The van der Waals surface area contributed by atoms with Crippen LogP contribution in [0, 0.1) is 0 Å². The van der Waals surface area contributed by atoms with E-state index in [2.05, 4.69) is 11.9 Å². The normalized spacial score (nSPS) is 18.0. The van der Waals surface area contributed by atoms with Crippen LogP contribution in [-0.2, 0) is 11.2 Å². The van der Waals surface area contributed by atoms with E-state index in [9.17, 15) is 9.59 Å². The van der Waals surface area contributed by atoms with Crippen molar-refractivity contribution in [2.24, 2.45) is 0 Å². The quantitative estimate of drug-likeness (QED) is 0.843. The minimum atomic E-state index is -0.124. The van der Waals surface area contributed by atoms with Crippen LogP contribution in [0.3, 0.4) is 0 Å². The van der Waals surface area contributed by atoms with Gasteiger partial charge in [0.1, 0.15) is 5.75 Å². The van der Waals surface area contributed by atoms with Gasteiger partial charge in [0.15, 0.2) is 0 Å². The van der Waals surface area contributed by atoms with Gasteiger partial charge in [0.05, 0.1) is 7.11 Å². The molecule has 1 fully saturated rings. The number of likely N-dealkylation sites (tertiary alicyclic amines) is 1. The molecule has 1 aliphatic rings. The van der Waals surface area contributed by atoms with Crippen molar-refractivity contribution in [3.8, 4) is 5.75 Å². The molecular formula is C17H22N2O3. The summed E-state index contributed by atoms with van der Waals surface area (Å²) >= 11 is 0. The van der Waals surface area contributed by atoms with E-state index < -0.39 is 0 Å². The zero-order valence-corrected chi connectivity index (χ0v) is 13.1. The smallest absolute Gasteiger partial charge is 0.251 e. The van der Waals surface area contributed by atoms with E-state index in [0.29, 0.717) is 31.4 Å². The lowest BCUT2D eigenvalue weighted by molar-refractivity contribution is -0.132. The van der Waals surface area contributed by atoms with Crippen LogP contribution in [0.5, 0.6) is 5.75 Å². The molecule has 0 bridgehead atoms. The zero-order valence-electron chi connectivity index (χ0n) is 13.1. The van der Waals surface area contributed by atoms with Crippen molar-refractivity contribution in [3.63, 3.8) is 0 Å². The summed E-state index contributed by atoms with van der Waals surface area (Å²) in [6.07, 6.45) is 3.59. The maximum atomic E-state index is 12.4. The molecule has 0 aliphatic carbocycles. The molecule has 5 heteroatoms. The van der Waals surface area contributed by atoms with Crippen molar-refractivity contribution >= 4 is 11.8 Å². The van der Waals surface area contributed by atoms with Crippen LogP contribution >= 0.6 is 0 Å². The number of benzene rings is 1. The first-order valence-corrected chi connectivity index (χ1v) is 7.37. The Morgan fingerprint density at radius 3 is 2.95 bits per heavy atom. The Labute approximate surface area is 130 Å². The number of nitrogens with one attached hydrogen (secondary N) is 1. The summed E-state index contributed by atoms with van der Waals surface area (Å²) in [4.78, 5) is 25.5. The maximum Gasteiger partial charge on any atom is 0.251 e. The lowest BCUT2D eigenvalue weighted by Crippen LogP contribution is -2.48. The molecule has 118 valence electrons. The van der Waals surface area contributed by atoms with Crippen LogP contribution in [0.2, 0.25) is 0 Å². The number of piperidine rings is 1. The predicted octanol–water partition coefficient (Wildman–Crippen LogP) is 1.77. The molecule has 1 heterocycles. The largest absolute Gasteiger partial charge is 0.496 e. The minimum Gasteiger partial charge on any atom is -0.496 e. The van der Waals surface area contributed by atoms with Gasteiger partial charge in [-0.05, 0) is 36.6 Å². The fourth-order valence-electron chi connectivity index (χ4n) is 2.63. The Morgan fingerprint density at radius 2 is 2.32 bits per heavy atom. The van der Waals surface area contributed by atoms with Crippen LogP contribution in [0.4, 0.5) is 0 Å². The molecule has 1 aromatic rings. The van der Waals surface area contributed by atoms with Crippen LogP contribution in [0.1, 0.15) is 28.8 Å². The third kappa shape index (κ3) is 3.67. The van der Waals surface area contributed by atoms with Crippen molar-refractivity contribution < 1.29 is 14.3 Å². The van der Waals surface area contributed by atoms with Gasteiger partial charge in [-0.3, -0.25) is 9.59 Å². The van der Waals surface area contributed by atoms with Crippen LogP contribution in [-0.4, -0.2) is 43.5 Å². The second-order valence-corrected chi connectivity index (χ2v) is 5.50. The van der Waals surface area contributed by atoms with Gasteiger partial charge in [-0.15, -0.1) is 6.58 Å². The van der Waals surface area contributed by atoms with Gasteiger partial charge in [-0.25, -0.2) is 0 Å². The number of nitrogens with zero attached hydrogens (tertiary/aromatic N) is 1. The van der Waals surface area contributed by atoms with Gasteiger partial charge >= 0.3 is 0 Å². The Kier molecular flexibility index (Phi) is 5.20. The number of carbonyl (C=O) groups is 2. The summed E-state index contributed by atoms with van der Waals surface area (Å²) in [6, 6.07) is 5.37. The van der Waals surface area contributed by atoms with E-state index >= 15 is 0 Å². The molecule has 2 amide bonds. The third-order valence-electron chi connectivity index (χ3n) is 3.87. The Hall–Kier alpha value is -2.30. The average Bonchev–Trinajstić information content (AvgIpc) is 2.51. The number of amides is 2. The lowest BCUT2D eigenvalue weighted by Gasteiger charge is -2.30. The predicted molar refractivity (Wildman–Crippen MR) is 85.0 cm³/mol. The van der Waals surface area contributed by atoms with E-state index in [1.54, 1.807) is 37.3 Å². The molecule has 5 nitrogen and oxygen atoms in total. The molecule has 22 heavy (non-hydrogen) atoms. The number of carbonyl (C=O) groups excluding carboxylic acids is 2. The number of methoxy groups -OCH3 is 1. The van der Waals surface area contributed by atoms with Gasteiger partial charge in [0.25, 0.3) is 5.91 Å². The molecule has 0 saturated carbocycles. The molecule has 2 rings (SSSR count). The number of likely N-dealkylation sites (N-methyl/N-ethyl adjacent to an activating group) is 1. The fraction of sp³-hybridized carbons (Fsp3) is 0.412. The standard InChI is InChI=1S/C17H22N2O3/c1-4-5-12-10-13(6-8-15(12)22-3)17(21)18-14-7-9-16(20)19(2)11-14/h4,6,8,10,14H,1,5,7,9,11H2,2-3H3,(H,18,21)/t14-/m0/s1. The highest BCUT2D eigenvalue weighted by molar-refractivity contribution is 5.95. The summed E-state index contributed by atoms with van der Waals surface area (Å²) in [6.45, 7) is 4.28. The molecule has 1 atom stereocenters. The molecule has 0 unspecified atom stereocenters. The number of hydrogen-bond acceptors (Lipinski definition) is 3. The second kappa shape index (κ2) is 7.11. The SMILES string of the molecule is C=CCc1cc(C(=O)N[C@H]2CCC(=O)N(C)C2)ccc1OC. The van der Waals surface area contributed by atoms with Crippen LogP contribution in [0.25, 0.3) is 0 Å². The van der Waals surface area contributed by atoms with E-state index in [0.717, 1.165) is 11.3 Å². The molecule has 0 spiro atoms. The zero-order chi connectivity index (χ0) is 16.1. The Bertz CT molecular complexity index is 583. The lowest BCUT2D eigenvalue weighted by atomic mass is 10.0. The first kappa shape index (κ1) is 16.1.